The van der Waals surface area contributed by atoms with E-state index < -0.39 is 5.97 Å². The number of benzene rings is 1. The maximum Gasteiger partial charge on any atom is 0.356 e. The Labute approximate surface area is 102 Å². The third-order valence-corrected chi connectivity index (χ3v) is 2.64. The molecule has 0 unspecified atom stereocenters. The van der Waals surface area contributed by atoms with Crippen molar-refractivity contribution in [3.05, 3.63) is 54.5 Å². The smallest absolute Gasteiger partial charge is 0.356 e. The van der Waals surface area contributed by atoms with Gasteiger partial charge in [-0.2, -0.15) is 5.10 Å². The van der Waals surface area contributed by atoms with E-state index in [0.29, 0.717) is 5.65 Å². The zero-order valence-corrected chi connectivity index (χ0v) is 9.32. The average molecular weight is 239 g/mol. The van der Waals surface area contributed by atoms with E-state index in [0.717, 1.165) is 11.1 Å². The molecular formula is C13H9N3O2. The first kappa shape index (κ1) is 10.5. The molecule has 0 bridgehead atoms. The second-order valence-electron chi connectivity index (χ2n) is 3.85. The van der Waals surface area contributed by atoms with Crippen molar-refractivity contribution in [1.82, 2.24) is 14.6 Å². The Bertz CT molecular complexity index is 719. The van der Waals surface area contributed by atoms with E-state index >= 15 is 0 Å². The van der Waals surface area contributed by atoms with Crippen LogP contribution >= 0.6 is 0 Å². The van der Waals surface area contributed by atoms with Gasteiger partial charge in [0.25, 0.3) is 0 Å². The fraction of sp³-hybridized carbons (Fsp3) is 0. The molecule has 3 rings (SSSR count). The second-order valence-corrected chi connectivity index (χ2v) is 3.85. The van der Waals surface area contributed by atoms with Crippen molar-refractivity contribution in [2.24, 2.45) is 0 Å². The molecule has 2 heterocycles. The summed E-state index contributed by atoms with van der Waals surface area (Å²) in [6, 6.07) is 11.2. The second kappa shape index (κ2) is 3.96. The van der Waals surface area contributed by atoms with Gasteiger partial charge in [0.05, 0.1) is 0 Å². The Kier molecular flexibility index (Phi) is 2.30. The number of hydrogen-bond acceptors (Lipinski definition) is 3. The Balaban J connectivity index is 2.14. The van der Waals surface area contributed by atoms with E-state index in [4.69, 9.17) is 5.11 Å². The minimum absolute atomic E-state index is 0.00675. The molecular weight excluding hydrogens is 230 g/mol. The predicted molar refractivity (Wildman–Crippen MR) is 65.4 cm³/mol. The van der Waals surface area contributed by atoms with Crippen molar-refractivity contribution in [3.63, 3.8) is 0 Å². The summed E-state index contributed by atoms with van der Waals surface area (Å²) in [7, 11) is 0. The molecule has 5 heteroatoms. The Morgan fingerprint density at radius 2 is 1.94 bits per heavy atom. The number of fused-ring (bicyclic) bond motifs is 1. The van der Waals surface area contributed by atoms with Crippen molar-refractivity contribution < 1.29 is 9.90 Å². The van der Waals surface area contributed by atoms with Crippen LogP contribution in [-0.2, 0) is 0 Å². The zero-order chi connectivity index (χ0) is 12.5. The first-order valence-electron chi connectivity index (χ1n) is 5.38. The third kappa shape index (κ3) is 1.71. The highest BCUT2D eigenvalue weighted by atomic mass is 16.4. The highest BCUT2D eigenvalue weighted by molar-refractivity contribution is 5.86. The summed E-state index contributed by atoms with van der Waals surface area (Å²) < 4.78 is 1.48. The van der Waals surface area contributed by atoms with Crippen LogP contribution in [0.15, 0.2) is 48.8 Å². The number of carboxylic acids is 1. The molecule has 0 saturated heterocycles. The lowest BCUT2D eigenvalue weighted by Gasteiger charge is -2.00. The van der Waals surface area contributed by atoms with Crippen LogP contribution in [-0.4, -0.2) is 25.7 Å². The molecule has 0 radical (unpaired) electrons. The summed E-state index contributed by atoms with van der Waals surface area (Å²) in [6.45, 7) is 0. The van der Waals surface area contributed by atoms with Crippen LogP contribution in [0.5, 0.6) is 0 Å². The average Bonchev–Trinajstić information content (AvgIpc) is 2.82. The Morgan fingerprint density at radius 1 is 1.17 bits per heavy atom. The number of hydrogen-bond donors (Lipinski definition) is 1. The zero-order valence-electron chi connectivity index (χ0n) is 9.32. The molecule has 2 aromatic heterocycles. The van der Waals surface area contributed by atoms with Crippen molar-refractivity contribution in [2.45, 2.75) is 0 Å². The summed E-state index contributed by atoms with van der Waals surface area (Å²) in [5.41, 5.74) is 2.42. The topological polar surface area (TPSA) is 67.5 Å². The molecule has 0 spiro atoms. The standard InChI is InChI=1S/C13H9N3O2/c17-13(18)11-6-12-14-7-10(8-16(12)15-11)9-4-2-1-3-5-9/h1-8H,(H,17,18). The van der Waals surface area contributed by atoms with Gasteiger partial charge in [-0.25, -0.2) is 14.3 Å². The van der Waals surface area contributed by atoms with Crippen LogP contribution in [0.2, 0.25) is 0 Å². The van der Waals surface area contributed by atoms with Crippen LogP contribution in [0.3, 0.4) is 0 Å². The molecule has 0 fully saturated rings. The summed E-state index contributed by atoms with van der Waals surface area (Å²) >= 11 is 0. The van der Waals surface area contributed by atoms with E-state index in [-0.39, 0.29) is 5.69 Å². The molecule has 18 heavy (non-hydrogen) atoms. The molecule has 0 saturated carbocycles. The van der Waals surface area contributed by atoms with Crippen molar-refractivity contribution >= 4 is 11.6 Å². The van der Waals surface area contributed by atoms with Crippen LogP contribution in [0, 0.1) is 0 Å². The minimum atomic E-state index is -1.05. The van der Waals surface area contributed by atoms with E-state index in [2.05, 4.69) is 10.1 Å². The lowest BCUT2D eigenvalue weighted by molar-refractivity contribution is 0.0690. The first-order chi connectivity index (χ1) is 8.74. The highest BCUT2D eigenvalue weighted by Gasteiger charge is 2.09. The van der Waals surface area contributed by atoms with Gasteiger partial charge in [-0.05, 0) is 5.56 Å². The van der Waals surface area contributed by atoms with Crippen molar-refractivity contribution in [3.8, 4) is 11.1 Å². The van der Waals surface area contributed by atoms with Gasteiger partial charge in [0.15, 0.2) is 11.3 Å². The predicted octanol–water partition coefficient (Wildman–Crippen LogP) is 2.09. The monoisotopic (exact) mass is 239 g/mol. The third-order valence-electron chi connectivity index (χ3n) is 2.64. The lowest BCUT2D eigenvalue weighted by atomic mass is 10.1. The highest BCUT2D eigenvalue weighted by Crippen LogP contribution is 2.18. The quantitative estimate of drug-likeness (QED) is 0.743. The SMILES string of the molecule is O=C(O)c1cc2ncc(-c3ccccc3)cn2n1. The van der Waals surface area contributed by atoms with E-state index in [1.165, 1.54) is 10.6 Å². The Hall–Kier alpha value is -2.69. The molecule has 3 aromatic rings. The van der Waals surface area contributed by atoms with Crippen LogP contribution in [0.1, 0.15) is 10.5 Å². The number of nitrogens with zero attached hydrogens (tertiary/aromatic N) is 3. The van der Waals surface area contributed by atoms with Crippen molar-refractivity contribution in [1.29, 1.82) is 0 Å². The molecule has 0 aliphatic carbocycles. The largest absolute Gasteiger partial charge is 0.476 e. The van der Waals surface area contributed by atoms with Crippen LogP contribution < -0.4 is 0 Å². The van der Waals surface area contributed by atoms with E-state index in [9.17, 15) is 4.79 Å². The molecule has 0 aliphatic heterocycles. The van der Waals surface area contributed by atoms with Gasteiger partial charge in [-0.15, -0.1) is 0 Å². The molecule has 1 N–H and O–H groups in total. The van der Waals surface area contributed by atoms with Crippen LogP contribution in [0.4, 0.5) is 0 Å². The number of aromatic nitrogens is 3. The molecule has 0 atom stereocenters. The fourth-order valence-corrected chi connectivity index (χ4v) is 1.76. The molecule has 0 amide bonds. The van der Waals surface area contributed by atoms with Gasteiger partial charge < -0.3 is 5.11 Å². The lowest BCUT2D eigenvalue weighted by Crippen LogP contribution is -1.97. The van der Waals surface area contributed by atoms with Crippen LogP contribution in [0.25, 0.3) is 16.8 Å². The summed E-state index contributed by atoms with van der Waals surface area (Å²) in [4.78, 5) is 15.0. The number of rotatable bonds is 2. The maximum absolute atomic E-state index is 10.8. The van der Waals surface area contributed by atoms with E-state index in [1.807, 2.05) is 30.3 Å². The van der Waals surface area contributed by atoms with Crippen molar-refractivity contribution in [2.75, 3.05) is 0 Å². The van der Waals surface area contributed by atoms with Gasteiger partial charge in [0, 0.05) is 24.0 Å². The van der Waals surface area contributed by atoms with E-state index in [1.54, 1.807) is 12.4 Å². The van der Waals surface area contributed by atoms with Gasteiger partial charge >= 0.3 is 5.97 Å². The summed E-state index contributed by atoms with van der Waals surface area (Å²) in [5, 5.41) is 12.8. The minimum Gasteiger partial charge on any atom is -0.476 e. The fourth-order valence-electron chi connectivity index (χ4n) is 1.76. The summed E-state index contributed by atoms with van der Waals surface area (Å²) in [5.74, 6) is -1.05. The molecule has 0 aliphatic rings. The number of carboxylic acid groups (broad SMARTS) is 1. The number of aromatic carboxylic acids is 1. The van der Waals surface area contributed by atoms with Gasteiger partial charge in [-0.3, -0.25) is 0 Å². The van der Waals surface area contributed by atoms with Gasteiger partial charge in [0.2, 0.25) is 0 Å². The Morgan fingerprint density at radius 3 is 2.67 bits per heavy atom. The number of carbonyl (C=O) groups is 1. The first-order valence-corrected chi connectivity index (χ1v) is 5.38. The molecule has 88 valence electrons. The maximum atomic E-state index is 10.8. The van der Waals surface area contributed by atoms with Gasteiger partial charge in [0.1, 0.15) is 0 Å². The summed E-state index contributed by atoms with van der Waals surface area (Å²) in [6.07, 6.45) is 3.47. The molecule has 1 aromatic carbocycles. The normalized spacial score (nSPS) is 10.7. The van der Waals surface area contributed by atoms with Gasteiger partial charge in [-0.1, -0.05) is 30.3 Å². The molecule has 5 nitrogen and oxygen atoms in total.